The van der Waals surface area contributed by atoms with Crippen LogP contribution in [-0.2, 0) is 11.4 Å². The molecule has 3 aromatic rings. The van der Waals surface area contributed by atoms with Crippen LogP contribution in [0.5, 0.6) is 5.75 Å². The van der Waals surface area contributed by atoms with Gasteiger partial charge in [0.1, 0.15) is 18.2 Å². The van der Waals surface area contributed by atoms with E-state index in [1.54, 1.807) is 12.1 Å². The summed E-state index contributed by atoms with van der Waals surface area (Å²) < 4.78 is 18.7. The zero-order valence-electron chi connectivity index (χ0n) is 14.3. The fourth-order valence-electron chi connectivity index (χ4n) is 3.26. The van der Waals surface area contributed by atoms with E-state index >= 15 is 0 Å². The minimum atomic E-state index is -0.261. The Labute approximate surface area is 150 Å². The van der Waals surface area contributed by atoms with Crippen molar-refractivity contribution in [3.63, 3.8) is 0 Å². The highest BCUT2D eigenvalue weighted by atomic mass is 19.1. The highest BCUT2D eigenvalue weighted by molar-refractivity contribution is 5.94. The third-order valence-corrected chi connectivity index (χ3v) is 4.59. The number of fused-ring (bicyclic) bond motifs is 1. The Balaban J connectivity index is 1.50. The highest BCUT2D eigenvalue weighted by Crippen LogP contribution is 2.38. The monoisotopic (exact) mass is 351 g/mol. The predicted molar refractivity (Wildman–Crippen MR) is 95.6 cm³/mol. The fraction of sp³-hybridized carbons (Fsp3) is 0.200. The van der Waals surface area contributed by atoms with Gasteiger partial charge in [-0.05, 0) is 42.3 Å². The molecule has 0 unspecified atom stereocenters. The van der Waals surface area contributed by atoms with Gasteiger partial charge in [-0.1, -0.05) is 24.3 Å². The lowest BCUT2D eigenvalue weighted by Gasteiger charge is -2.23. The molecule has 1 atom stereocenters. The Morgan fingerprint density at radius 2 is 1.88 bits per heavy atom. The minimum Gasteiger partial charge on any atom is -0.489 e. The summed E-state index contributed by atoms with van der Waals surface area (Å²) in [5.41, 5.74) is 3.93. The molecule has 26 heavy (non-hydrogen) atoms. The Hall–Kier alpha value is -3.15. The number of anilines is 1. The zero-order valence-corrected chi connectivity index (χ0v) is 14.3. The summed E-state index contributed by atoms with van der Waals surface area (Å²) >= 11 is 0. The van der Waals surface area contributed by atoms with Crippen molar-refractivity contribution in [3.8, 4) is 5.75 Å². The average Bonchev–Trinajstić information content (AvgIpc) is 3.02. The van der Waals surface area contributed by atoms with E-state index in [1.807, 2.05) is 31.2 Å². The Bertz CT molecular complexity index is 933. The maximum atomic E-state index is 12.9. The lowest BCUT2D eigenvalue weighted by atomic mass is 9.86. The lowest BCUT2D eigenvalue weighted by Crippen LogP contribution is -2.23. The summed E-state index contributed by atoms with van der Waals surface area (Å²) in [6.45, 7) is 2.33. The molecule has 0 saturated heterocycles. The maximum Gasteiger partial charge on any atom is 0.226 e. The van der Waals surface area contributed by atoms with Gasteiger partial charge in [0.05, 0.1) is 0 Å². The molecule has 132 valence electrons. The van der Waals surface area contributed by atoms with Gasteiger partial charge < -0.3 is 10.1 Å². The Kier molecular flexibility index (Phi) is 4.16. The third kappa shape index (κ3) is 3.18. The van der Waals surface area contributed by atoms with Crippen LogP contribution in [0.15, 0.2) is 48.5 Å². The molecular formula is C20H18FN3O2. The van der Waals surface area contributed by atoms with Crippen LogP contribution in [0, 0.1) is 12.7 Å². The second-order valence-electron chi connectivity index (χ2n) is 6.40. The van der Waals surface area contributed by atoms with Gasteiger partial charge in [0.25, 0.3) is 0 Å². The average molecular weight is 351 g/mol. The number of hydrogen-bond donors (Lipinski definition) is 2. The van der Waals surface area contributed by atoms with Crippen LogP contribution in [0.3, 0.4) is 0 Å². The van der Waals surface area contributed by atoms with E-state index in [2.05, 4.69) is 15.5 Å². The highest BCUT2D eigenvalue weighted by Gasteiger charge is 2.30. The third-order valence-electron chi connectivity index (χ3n) is 4.59. The Morgan fingerprint density at radius 3 is 2.62 bits per heavy atom. The normalized spacial score (nSPS) is 16.1. The van der Waals surface area contributed by atoms with Crippen molar-refractivity contribution >= 4 is 11.7 Å². The van der Waals surface area contributed by atoms with E-state index in [-0.39, 0.29) is 17.6 Å². The van der Waals surface area contributed by atoms with Crippen LogP contribution in [-0.4, -0.2) is 16.1 Å². The predicted octanol–water partition coefficient (Wildman–Crippen LogP) is 3.91. The first kappa shape index (κ1) is 16.3. The standard InChI is InChI=1S/C20H18FN3O2/c1-12-19-17(10-18(25)22-20(19)24-23-12)14-4-8-16(9-5-14)26-11-13-2-6-15(21)7-3-13/h2-9,17H,10-11H2,1H3,(H2,22,23,24,25)/t17-/m0/s1. The molecule has 1 aromatic heterocycles. The van der Waals surface area contributed by atoms with Crippen LogP contribution in [0.2, 0.25) is 0 Å². The van der Waals surface area contributed by atoms with Gasteiger partial charge in [-0.2, -0.15) is 5.10 Å². The summed E-state index contributed by atoms with van der Waals surface area (Å²) in [5.74, 6) is 1.01. The first-order chi connectivity index (χ1) is 12.6. The molecule has 1 amide bonds. The molecule has 5 nitrogen and oxygen atoms in total. The molecule has 2 heterocycles. The van der Waals surface area contributed by atoms with Crippen molar-refractivity contribution < 1.29 is 13.9 Å². The number of aryl methyl sites for hydroxylation is 1. The molecule has 0 fully saturated rings. The number of carbonyl (C=O) groups is 1. The van der Waals surface area contributed by atoms with Gasteiger partial charge in [0.2, 0.25) is 5.91 Å². The van der Waals surface area contributed by atoms with E-state index in [9.17, 15) is 9.18 Å². The molecule has 0 spiro atoms. The molecule has 1 aliphatic rings. The van der Waals surface area contributed by atoms with Crippen molar-refractivity contribution in [1.82, 2.24) is 10.2 Å². The number of aromatic amines is 1. The van der Waals surface area contributed by atoms with Crippen LogP contribution in [0.4, 0.5) is 10.2 Å². The molecule has 1 aliphatic heterocycles. The van der Waals surface area contributed by atoms with Gasteiger partial charge in [-0.15, -0.1) is 0 Å². The SMILES string of the molecule is Cc1[nH]nc2c1[C@H](c1ccc(OCc3ccc(F)cc3)cc1)CC(=O)N2. The lowest BCUT2D eigenvalue weighted by molar-refractivity contribution is -0.116. The van der Waals surface area contributed by atoms with Crippen LogP contribution < -0.4 is 10.1 Å². The molecule has 2 aromatic carbocycles. The first-order valence-corrected chi connectivity index (χ1v) is 8.42. The summed E-state index contributed by atoms with van der Waals surface area (Å²) in [5, 5.41) is 9.90. The second-order valence-corrected chi connectivity index (χ2v) is 6.40. The summed E-state index contributed by atoms with van der Waals surface area (Å²) in [7, 11) is 0. The number of aromatic nitrogens is 2. The van der Waals surface area contributed by atoms with E-state index in [0.29, 0.717) is 18.8 Å². The molecule has 0 bridgehead atoms. The number of amides is 1. The summed E-state index contributed by atoms with van der Waals surface area (Å²) in [6, 6.07) is 14.0. The van der Waals surface area contributed by atoms with E-state index in [0.717, 1.165) is 28.1 Å². The second kappa shape index (κ2) is 6.63. The van der Waals surface area contributed by atoms with E-state index in [4.69, 9.17) is 4.74 Å². The number of hydrogen-bond acceptors (Lipinski definition) is 3. The van der Waals surface area contributed by atoms with Gasteiger partial charge >= 0.3 is 0 Å². The molecular weight excluding hydrogens is 333 g/mol. The number of nitrogens with zero attached hydrogens (tertiary/aromatic N) is 1. The first-order valence-electron chi connectivity index (χ1n) is 8.42. The van der Waals surface area contributed by atoms with E-state index in [1.165, 1.54) is 12.1 Å². The molecule has 2 N–H and O–H groups in total. The number of rotatable bonds is 4. The summed E-state index contributed by atoms with van der Waals surface area (Å²) in [6.07, 6.45) is 0.392. The molecule has 0 aliphatic carbocycles. The zero-order chi connectivity index (χ0) is 18.1. The molecule has 6 heteroatoms. The van der Waals surface area contributed by atoms with Crippen LogP contribution >= 0.6 is 0 Å². The number of halogens is 1. The summed E-state index contributed by atoms with van der Waals surface area (Å²) in [4.78, 5) is 12.0. The smallest absolute Gasteiger partial charge is 0.226 e. The number of carbonyl (C=O) groups excluding carboxylic acids is 1. The number of H-pyrrole nitrogens is 1. The maximum absolute atomic E-state index is 12.9. The van der Waals surface area contributed by atoms with Crippen molar-refractivity contribution in [3.05, 3.63) is 76.7 Å². The number of nitrogens with one attached hydrogen (secondary N) is 2. The van der Waals surface area contributed by atoms with Crippen molar-refractivity contribution in [2.75, 3.05) is 5.32 Å². The van der Waals surface area contributed by atoms with Gasteiger partial charge in [-0.25, -0.2) is 4.39 Å². The molecule has 4 rings (SSSR count). The fourth-order valence-corrected chi connectivity index (χ4v) is 3.26. The minimum absolute atomic E-state index is 0.0244. The van der Waals surface area contributed by atoms with Gasteiger partial charge in [0, 0.05) is 23.6 Å². The van der Waals surface area contributed by atoms with Crippen LogP contribution in [0.1, 0.15) is 34.7 Å². The Morgan fingerprint density at radius 1 is 1.15 bits per heavy atom. The number of benzene rings is 2. The van der Waals surface area contributed by atoms with E-state index < -0.39 is 0 Å². The molecule has 0 saturated carbocycles. The van der Waals surface area contributed by atoms with Gasteiger partial charge in [-0.3, -0.25) is 9.89 Å². The number of ether oxygens (including phenoxy) is 1. The quantitative estimate of drug-likeness (QED) is 0.749. The van der Waals surface area contributed by atoms with Gasteiger partial charge in [0.15, 0.2) is 5.82 Å². The largest absolute Gasteiger partial charge is 0.489 e. The topological polar surface area (TPSA) is 67.0 Å². The van der Waals surface area contributed by atoms with Crippen LogP contribution in [0.25, 0.3) is 0 Å². The van der Waals surface area contributed by atoms with Crippen molar-refractivity contribution in [2.45, 2.75) is 25.9 Å². The van der Waals surface area contributed by atoms with Crippen molar-refractivity contribution in [2.24, 2.45) is 0 Å². The molecule has 0 radical (unpaired) electrons. The van der Waals surface area contributed by atoms with Crippen molar-refractivity contribution in [1.29, 1.82) is 0 Å².